The minimum Gasteiger partial charge on any atom is -0.475 e. The van der Waals surface area contributed by atoms with Crippen LogP contribution in [0.2, 0.25) is 0 Å². The monoisotopic (exact) mass is 294 g/mol. The Bertz CT molecular complexity index is 502. The van der Waals surface area contributed by atoms with Gasteiger partial charge in [-0.2, -0.15) is 0 Å². The molecule has 1 fully saturated rings. The first kappa shape index (κ1) is 15.6. The van der Waals surface area contributed by atoms with Crippen LogP contribution in [0.15, 0.2) is 16.5 Å². The third-order valence-corrected chi connectivity index (χ3v) is 4.23. The molecule has 0 unspecified atom stereocenters. The first-order valence-electron chi connectivity index (χ1n) is 7.38. The Morgan fingerprint density at radius 2 is 1.90 bits per heavy atom. The standard InChI is InChI=1S/C15H22N2O4/c16-10-15(7-3-1-2-4-8-15)14(20)17-9-11-5-6-12(21-11)13(18)19/h5-6H,1-4,7-10,16H2,(H,17,20)(H,18,19). The number of aromatic carboxylic acids is 1. The second-order valence-corrected chi connectivity index (χ2v) is 5.65. The van der Waals surface area contributed by atoms with Gasteiger partial charge in [-0.3, -0.25) is 4.79 Å². The van der Waals surface area contributed by atoms with Crippen LogP contribution in [-0.2, 0) is 11.3 Å². The van der Waals surface area contributed by atoms with Gasteiger partial charge in [0.25, 0.3) is 0 Å². The summed E-state index contributed by atoms with van der Waals surface area (Å²) in [4.78, 5) is 23.2. The molecule has 1 amide bonds. The Morgan fingerprint density at radius 1 is 1.24 bits per heavy atom. The number of rotatable bonds is 5. The van der Waals surface area contributed by atoms with Crippen LogP contribution in [0, 0.1) is 5.41 Å². The number of nitrogens with two attached hydrogens (primary N) is 1. The molecule has 0 radical (unpaired) electrons. The number of carbonyl (C=O) groups is 2. The predicted octanol–water partition coefficient (Wildman–Crippen LogP) is 1.89. The van der Waals surface area contributed by atoms with Crippen molar-refractivity contribution in [3.05, 3.63) is 23.7 Å². The number of carbonyl (C=O) groups excluding carboxylic acids is 1. The van der Waals surface area contributed by atoms with Crippen LogP contribution in [0.1, 0.15) is 54.8 Å². The zero-order valence-corrected chi connectivity index (χ0v) is 12.1. The molecule has 2 rings (SSSR count). The van der Waals surface area contributed by atoms with Crippen molar-refractivity contribution >= 4 is 11.9 Å². The molecular weight excluding hydrogens is 272 g/mol. The van der Waals surface area contributed by atoms with E-state index in [9.17, 15) is 9.59 Å². The van der Waals surface area contributed by atoms with E-state index >= 15 is 0 Å². The maximum atomic E-state index is 12.5. The molecule has 6 heteroatoms. The lowest BCUT2D eigenvalue weighted by Crippen LogP contribution is -2.45. The van der Waals surface area contributed by atoms with Crippen LogP contribution in [0.5, 0.6) is 0 Å². The summed E-state index contributed by atoms with van der Waals surface area (Å²) in [6.45, 7) is 0.533. The number of furan rings is 1. The molecule has 1 saturated carbocycles. The molecule has 0 bridgehead atoms. The highest BCUT2D eigenvalue weighted by Gasteiger charge is 2.37. The maximum absolute atomic E-state index is 12.5. The Kier molecular flexibility index (Phi) is 5.01. The van der Waals surface area contributed by atoms with Gasteiger partial charge >= 0.3 is 5.97 Å². The molecule has 6 nitrogen and oxygen atoms in total. The average molecular weight is 294 g/mol. The van der Waals surface area contributed by atoms with Crippen molar-refractivity contribution in [2.45, 2.75) is 45.1 Å². The van der Waals surface area contributed by atoms with E-state index in [0.717, 1.165) is 38.5 Å². The maximum Gasteiger partial charge on any atom is 0.371 e. The van der Waals surface area contributed by atoms with E-state index in [2.05, 4.69) is 5.32 Å². The molecule has 116 valence electrons. The Labute approximate surface area is 123 Å². The van der Waals surface area contributed by atoms with Crippen LogP contribution in [0.4, 0.5) is 0 Å². The third kappa shape index (κ3) is 3.64. The van der Waals surface area contributed by atoms with E-state index in [-0.39, 0.29) is 18.2 Å². The van der Waals surface area contributed by atoms with Crippen LogP contribution in [-0.4, -0.2) is 23.5 Å². The summed E-state index contributed by atoms with van der Waals surface area (Å²) in [6.07, 6.45) is 5.97. The number of amides is 1. The SMILES string of the molecule is NCC1(C(=O)NCc2ccc(C(=O)O)o2)CCCCCC1. The highest BCUT2D eigenvalue weighted by molar-refractivity contribution is 5.84. The summed E-state index contributed by atoms with van der Waals surface area (Å²) < 4.78 is 5.13. The van der Waals surface area contributed by atoms with E-state index < -0.39 is 11.4 Å². The topological polar surface area (TPSA) is 106 Å². The van der Waals surface area contributed by atoms with Crippen LogP contribution in [0.3, 0.4) is 0 Å². The normalized spacial score (nSPS) is 18.0. The molecule has 21 heavy (non-hydrogen) atoms. The largest absolute Gasteiger partial charge is 0.475 e. The van der Waals surface area contributed by atoms with Crippen molar-refractivity contribution in [2.24, 2.45) is 11.1 Å². The molecule has 1 heterocycles. The molecule has 0 saturated heterocycles. The van der Waals surface area contributed by atoms with Crippen molar-refractivity contribution in [2.75, 3.05) is 6.54 Å². The number of nitrogens with one attached hydrogen (secondary N) is 1. The second kappa shape index (κ2) is 6.76. The smallest absolute Gasteiger partial charge is 0.371 e. The fourth-order valence-electron chi connectivity index (χ4n) is 2.87. The van der Waals surface area contributed by atoms with Crippen LogP contribution < -0.4 is 11.1 Å². The molecular formula is C15H22N2O4. The number of hydrogen-bond donors (Lipinski definition) is 3. The summed E-state index contributed by atoms with van der Waals surface area (Å²) in [7, 11) is 0. The van der Waals surface area contributed by atoms with E-state index in [1.54, 1.807) is 6.07 Å². The van der Waals surface area contributed by atoms with Gasteiger partial charge in [-0.1, -0.05) is 25.7 Å². The van der Waals surface area contributed by atoms with Crippen molar-refractivity contribution in [3.63, 3.8) is 0 Å². The van der Waals surface area contributed by atoms with Crippen LogP contribution in [0.25, 0.3) is 0 Å². The van der Waals surface area contributed by atoms with Crippen molar-refractivity contribution in [1.82, 2.24) is 5.32 Å². The Morgan fingerprint density at radius 3 is 2.43 bits per heavy atom. The number of carboxylic acid groups (broad SMARTS) is 1. The van der Waals surface area contributed by atoms with Crippen molar-refractivity contribution in [3.8, 4) is 0 Å². The first-order valence-corrected chi connectivity index (χ1v) is 7.38. The lowest BCUT2D eigenvalue weighted by molar-refractivity contribution is -0.131. The first-order chi connectivity index (χ1) is 10.1. The zero-order chi connectivity index (χ0) is 15.3. The Hall–Kier alpha value is -1.82. The Balaban J connectivity index is 1.97. The fraction of sp³-hybridized carbons (Fsp3) is 0.600. The van der Waals surface area contributed by atoms with Gasteiger partial charge in [0.1, 0.15) is 5.76 Å². The molecule has 1 aromatic rings. The molecule has 0 spiro atoms. The summed E-state index contributed by atoms with van der Waals surface area (Å²) in [6, 6.07) is 2.94. The highest BCUT2D eigenvalue weighted by atomic mass is 16.4. The zero-order valence-electron chi connectivity index (χ0n) is 12.1. The van der Waals surface area contributed by atoms with E-state index in [1.807, 2.05) is 0 Å². The lowest BCUT2D eigenvalue weighted by Gasteiger charge is -2.29. The van der Waals surface area contributed by atoms with Gasteiger partial charge in [0.15, 0.2) is 0 Å². The van der Waals surface area contributed by atoms with Crippen molar-refractivity contribution in [1.29, 1.82) is 0 Å². The van der Waals surface area contributed by atoms with Gasteiger partial charge in [0, 0.05) is 6.54 Å². The molecule has 4 N–H and O–H groups in total. The van der Waals surface area contributed by atoms with Crippen LogP contribution >= 0.6 is 0 Å². The van der Waals surface area contributed by atoms with Gasteiger partial charge in [-0.15, -0.1) is 0 Å². The van der Waals surface area contributed by atoms with Gasteiger partial charge in [-0.05, 0) is 25.0 Å². The van der Waals surface area contributed by atoms with Gasteiger partial charge in [0.2, 0.25) is 11.7 Å². The molecule has 1 aliphatic carbocycles. The second-order valence-electron chi connectivity index (χ2n) is 5.65. The molecule has 1 aromatic heterocycles. The minimum absolute atomic E-state index is 0.0554. The highest BCUT2D eigenvalue weighted by Crippen LogP contribution is 2.34. The lowest BCUT2D eigenvalue weighted by atomic mass is 9.79. The van der Waals surface area contributed by atoms with Crippen molar-refractivity contribution < 1.29 is 19.1 Å². The summed E-state index contributed by atoms with van der Waals surface area (Å²) >= 11 is 0. The molecule has 0 aromatic carbocycles. The van der Waals surface area contributed by atoms with Gasteiger partial charge in [0.05, 0.1) is 12.0 Å². The summed E-state index contributed by atoms with van der Waals surface area (Å²) in [5.74, 6) is -0.862. The van der Waals surface area contributed by atoms with E-state index in [4.69, 9.17) is 15.3 Å². The van der Waals surface area contributed by atoms with E-state index in [0.29, 0.717) is 12.3 Å². The molecule has 0 aliphatic heterocycles. The molecule has 1 aliphatic rings. The third-order valence-electron chi connectivity index (χ3n) is 4.23. The predicted molar refractivity (Wildman–Crippen MR) is 76.7 cm³/mol. The van der Waals surface area contributed by atoms with Gasteiger partial charge in [-0.25, -0.2) is 4.79 Å². The van der Waals surface area contributed by atoms with Gasteiger partial charge < -0.3 is 20.6 Å². The summed E-state index contributed by atoms with van der Waals surface area (Å²) in [5, 5.41) is 11.6. The van der Waals surface area contributed by atoms with E-state index in [1.165, 1.54) is 6.07 Å². The number of carboxylic acids is 1. The average Bonchev–Trinajstić information content (AvgIpc) is 2.82. The summed E-state index contributed by atoms with van der Waals surface area (Å²) in [5.41, 5.74) is 5.37. The fourth-order valence-corrected chi connectivity index (χ4v) is 2.87. The molecule has 0 atom stereocenters. The minimum atomic E-state index is -1.12. The quantitative estimate of drug-likeness (QED) is 0.719. The number of hydrogen-bond acceptors (Lipinski definition) is 4.